The molecular formula is C20H23NO4. The number of piperidine rings is 1. The fourth-order valence-electron chi connectivity index (χ4n) is 3.31. The van der Waals surface area contributed by atoms with Gasteiger partial charge in [-0.25, -0.2) is 0 Å². The van der Waals surface area contributed by atoms with E-state index in [0.717, 1.165) is 30.6 Å². The van der Waals surface area contributed by atoms with Crippen LogP contribution in [0.4, 0.5) is 0 Å². The number of carbonyl (C=O) groups excluding carboxylic acids is 2. The number of rotatable bonds is 5. The Balaban J connectivity index is 1.78. The van der Waals surface area contributed by atoms with Gasteiger partial charge in [-0.3, -0.25) is 9.59 Å². The third-order valence-corrected chi connectivity index (χ3v) is 4.51. The fourth-order valence-corrected chi connectivity index (χ4v) is 3.31. The van der Waals surface area contributed by atoms with Gasteiger partial charge < -0.3 is 14.1 Å². The molecule has 1 aliphatic rings. The molecule has 25 heavy (non-hydrogen) atoms. The summed E-state index contributed by atoms with van der Waals surface area (Å²) in [5, 5.41) is 0. The minimum absolute atomic E-state index is 0.0394. The summed E-state index contributed by atoms with van der Waals surface area (Å²) in [5.74, 6) is 0.454. The predicted molar refractivity (Wildman–Crippen MR) is 94.1 cm³/mol. The largest absolute Gasteiger partial charge is 0.466 e. The molecule has 2 aromatic rings. The molecule has 0 bridgehead atoms. The first-order valence-electron chi connectivity index (χ1n) is 8.79. The summed E-state index contributed by atoms with van der Waals surface area (Å²) in [5.41, 5.74) is 1.49. The zero-order valence-corrected chi connectivity index (χ0v) is 14.4. The minimum atomic E-state index is -0.239. The lowest BCUT2D eigenvalue weighted by Gasteiger charge is -2.35. The van der Waals surface area contributed by atoms with Gasteiger partial charge >= 0.3 is 5.97 Å². The normalized spacial score (nSPS) is 17.3. The predicted octanol–water partition coefficient (Wildman–Crippen LogP) is 3.89. The summed E-state index contributed by atoms with van der Waals surface area (Å²) < 4.78 is 10.5. The molecule has 0 spiro atoms. The van der Waals surface area contributed by atoms with E-state index in [4.69, 9.17) is 9.15 Å². The van der Waals surface area contributed by atoms with Crippen LogP contribution in [0.15, 0.2) is 47.1 Å². The number of esters is 1. The van der Waals surface area contributed by atoms with Crippen LogP contribution in [0.5, 0.6) is 0 Å². The molecule has 0 N–H and O–H groups in total. The van der Waals surface area contributed by atoms with Gasteiger partial charge in [-0.2, -0.15) is 0 Å². The first-order valence-corrected chi connectivity index (χ1v) is 8.79. The Bertz CT molecular complexity index is 723. The second-order valence-electron chi connectivity index (χ2n) is 6.22. The van der Waals surface area contributed by atoms with Crippen molar-refractivity contribution in [3.8, 4) is 11.3 Å². The number of hydrogen-bond donors (Lipinski definition) is 0. The Kier molecular flexibility index (Phi) is 5.53. The molecule has 2 heterocycles. The molecular weight excluding hydrogens is 318 g/mol. The number of ether oxygens (including phenoxy) is 1. The summed E-state index contributed by atoms with van der Waals surface area (Å²) in [4.78, 5) is 26.7. The molecule has 1 saturated heterocycles. The maximum Gasteiger partial charge on any atom is 0.307 e. The van der Waals surface area contributed by atoms with Gasteiger partial charge in [0.1, 0.15) is 5.76 Å². The number of furan rings is 1. The van der Waals surface area contributed by atoms with E-state index in [1.54, 1.807) is 13.2 Å². The molecule has 1 fully saturated rings. The monoisotopic (exact) mass is 341 g/mol. The zero-order valence-electron chi connectivity index (χ0n) is 14.4. The molecule has 1 unspecified atom stereocenters. The summed E-state index contributed by atoms with van der Waals surface area (Å²) in [6, 6.07) is 11.0. The van der Waals surface area contributed by atoms with E-state index in [0.29, 0.717) is 18.7 Å². The molecule has 0 aliphatic carbocycles. The summed E-state index contributed by atoms with van der Waals surface area (Å²) in [6.45, 7) is 2.83. The van der Waals surface area contributed by atoms with Crippen LogP contribution in [-0.4, -0.2) is 36.0 Å². The highest BCUT2D eigenvalue weighted by molar-refractivity contribution is 5.95. The maximum atomic E-state index is 13.0. The van der Waals surface area contributed by atoms with E-state index in [1.165, 1.54) is 0 Å². The standard InChI is InChI=1S/C20H23NO4/c1-2-24-19(22)14-17-9-3-4-11-21(17)20(23)16-8-5-7-15(13-16)18-10-6-12-25-18/h5-8,10,12-13,17H,2-4,9,11,14H2,1H3. The lowest BCUT2D eigenvalue weighted by molar-refractivity contribution is -0.144. The number of amides is 1. The Hall–Kier alpha value is -2.56. The van der Waals surface area contributed by atoms with Crippen LogP contribution in [0, 0.1) is 0 Å². The van der Waals surface area contributed by atoms with Crippen LogP contribution >= 0.6 is 0 Å². The summed E-state index contributed by atoms with van der Waals surface area (Å²) in [7, 11) is 0. The van der Waals surface area contributed by atoms with Crippen molar-refractivity contribution in [3.05, 3.63) is 48.2 Å². The topological polar surface area (TPSA) is 59.8 Å². The van der Waals surface area contributed by atoms with Crippen molar-refractivity contribution in [1.82, 2.24) is 4.90 Å². The van der Waals surface area contributed by atoms with E-state index in [-0.39, 0.29) is 24.3 Å². The SMILES string of the molecule is CCOC(=O)CC1CCCCN1C(=O)c1cccc(-c2ccco2)c1. The molecule has 5 nitrogen and oxygen atoms in total. The molecule has 5 heteroatoms. The van der Waals surface area contributed by atoms with E-state index < -0.39 is 0 Å². The molecule has 1 aromatic carbocycles. The lowest BCUT2D eigenvalue weighted by atomic mass is 9.97. The molecule has 1 amide bonds. The first kappa shape index (κ1) is 17.3. The van der Waals surface area contributed by atoms with Gasteiger partial charge in [0.2, 0.25) is 0 Å². The molecule has 0 radical (unpaired) electrons. The number of nitrogens with zero attached hydrogens (tertiary/aromatic N) is 1. The molecule has 1 aromatic heterocycles. The van der Waals surface area contributed by atoms with Crippen molar-refractivity contribution < 1.29 is 18.7 Å². The third-order valence-electron chi connectivity index (χ3n) is 4.51. The average Bonchev–Trinajstić information content (AvgIpc) is 3.17. The van der Waals surface area contributed by atoms with Gasteiger partial charge in [0.25, 0.3) is 5.91 Å². The summed E-state index contributed by atoms with van der Waals surface area (Å²) in [6.07, 6.45) is 4.70. The van der Waals surface area contributed by atoms with Crippen molar-refractivity contribution in [1.29, 1.82) is 0 Å². The van der Waals surface area contributed by atoms with Gasteiger partial charge in [0.15, 0.2) is 0 Å². The van der Waals surface area contributed by atoms with Crippen LogP contribution in [0.2, 0.25) is 0 Å². The second kappa shape index (κ2) is 8.01. The van der Waals surface area contributed by atoms with Crippen molar-refractivity contribution >= 4 is 11.9 Å². The van der Waals surface area contributed by atoms with E-state index in [1.807, 2.05) is 41.3 Å². The van der Waals surface area contributed by atoms with Gasteiger partial charge in [-0.1, -0.05) is 12.1 Å². The zero-order chi connectivity index (χ0) is 17.6. The number of likely N-dealkylation sites (tertiary alicyclic amines) is 1. The van der Waals surface area contributed by atoms with Crippen LogP contribution in [0.25, 0.3) is 11.3 Å². The van der Waals surface area contributed by atoms with Crippen molar-refractivity contribution in [2.45, 2.75) is 38.6 Å². The third kappa shape index (κ3) is 4.10. The Morgan fingerprint density at radius 2 is 2.12 bits per heavy atom. The first-order chi connectivity index (χ1) is 12.2. The number of hydrogen-bond acceptors (Lipinski definition) is 4. The molecule has 0 saturated carbocycles. The minimum Gasteiger partial charge on any atom is -0.466 e. The molecule has 132 valence electrons. The van der Waals surface area contributed by atoms with Gasteiger partial charge in [-0.05, 0) is 50.5 Å². The van der Waals surface area contributed by atoms with Gasteiger partial charge in [0.05, 0.1) is 19.3 Å². The van der Waals surface area contributed by atoms with E-state index in [2.05, 4.69) is 0 Å². The lowest BCUT2D eigenvalue weighted by Crippen LogP contribution is -2.45. The number of benzene rings is 1. The van der Waals surface area contributed by atoms with Crippen LogP contribution in [-0.2, 0) is 9.53 Å². The van der Waals surface area contributed by atoms with E-state index >= 15 is 0 Å². The molecule has 3 rings (SSSR count). The van der Waals surface area contributed by atoms with Crippen molar-refractivity contribution in [3.63, 3.8) is 0 Å². The quantitative estimate of drug-likeness (QED) is 0.774. The smallest absolute Gasteiger partial charge is 0.307 e. The van der Waals surface area contributed by atoms with Crippen molar-refractivity contribution in [2.24, 2.45) is 0 Å². The second-order valence-corrected chi connectivity index (χ2v) is 6.22. The Morgan fingerprint density at radius 3 is 2.88 bits per heavy atom. The van der Waals surface area contributed by atoms with Gasteiger partial charge in [-0.15, -0.1) is 0 Å². The van der Waals surface area contributed by atoms with Gasteiger partial charge in [0, 0.05) is 23.7 Å². The van der Waals surface area contributed by atoms with Crippen LogP contribution in [0.1, 0.15) is 43.0 Å². The van der Waals surface area contributed by atoms with Crippen LogP contribution in [0.3, 0.4) is 0 Å². The summed E-state index contributed by atoms with van der Waals surface area (Å²) >= 11 is 0. The fraction of sp³-hybridized carbons (Fsp3) is 0.400. The maximum absolute atomic E-state index is 13.0. The molecule has 1 atom stereocenters. The van der Waals surface area contributed by atoms with E-state index in [9.17, 15) is 9.59 Å². The van der Waals surface area contributed by atoms with Crippen LogP contribution < -0.4 is 0 Å². The Labute approximate surface area is 147 Å². The Morgan fingerprint density at radius 1 is 1.24 bits per heavy atom. The highest BCUT2D eigenvalue weighted by Gasteiger charge is 2.29. The highest BCUT2D eigenvalue weighted by Crippen LogP contribution is 2.25. The highest BCUT2D eigenvalue weighted by atomic mass is 16.5. The number of carbonyl (C=O) groups is 2. The molecule has 1 aliphatic heterocycles. The van der Waals surface area contributed by atoms with Crippen molar-refractivity contribution in [2.75, 3.05) is 13.2 Å². The average molecular weight is 341 g/mol.